The fourth-order valence-corrected chi connectivity index (χ4v) is 3.07. The zero-order valence-electron chi connectivity index (χ0n) is 10.4. The molecule has 1 aliphatic rings. The fourth-order valence-electron chi connectivity index (χ4n) is 2.43. The van der Waals surface area contributed by atoms with Crippen molar-refractivity contribution in [3.63, 3.8) is 0 Å². The van der Waals surface area contributed by atoms with Crippen molar-refractivity contribution in [2.75, 3.05) is 19.0 Å². The Bertz CT molecular complexity index is 357. The lowest BCUT2D eigenvalue weighted by molar-refractivity contribution is 0.297. The van der Waals surface area contributed by atoms with Gasteiger partial charge in [0.05, 0.1) is 0 Å². The Labute approximate surface area is 122 Å². The maximum Gasteiger partial charge on any atom is 0.119 e. The molecule has 0 aliphatic heterocycles. The first kappa shape index (κ1) is 14.2. The third-order valence-electron chi connectivity index (χ3n) is 3.45. The van der Waals surface area contributed by atoms with Crippen LogP contribution in [0.2, 0.25) is 0 Å². The second kappa shape index (κ2) is 7.37. The van der Waals surface area contributed by atoms with Crippen LogP contribution < -0.4 is 10.1 Å². The van der Waals surface area contributed by atoms with Gasteiger partial charge < -0.3 is 10.1 Å². The molecule has 1 aromatic rings. The number of benzene rings is 1. The molecule has 1 aliphatic carbocycles. The van der Waals surface area contributed by atoms with E-state index in [0.717, 1.165) is 22.6 Å². The summed E-state index contributed by atoms with van der Waals surface area (Å²) < 4.78 is 6.75. The van der Waals surface area contributed by atoms with Crippen molar-refractivity contribution in [2.24, 2.45) is 5.92 Å². The molecule has 2 rings (SSSR count). The smallest absolute Gasteiger partial charge is 0.119 e. The van der Waals surface area contributed by atoms with Crippen LogP contribution in [0.5, 0.6) is 5.75 Å². The maximum absolute atomic E-state index is 5.95. The van der Waals surface area contributed by atoms with Crippen LogP contribution in [0, 0.1) is 5.92 Å². The molecule has 4 heteroatoms. The second-order valence-corrected chi connectivity index (χ2v) is 5.93. The first-order valence-corrected chi connectivity index (χ1v) is 7.80. The van der Waals surface area contributed by atoms with Gasteiger partial charge in [0.2, 0.25) is 0 Å². The molecule has 0 spiro atoms. The van der Waals surface area contributed by atoms with E-state index in [1.807, 2.05) is 24.3 Å². The molecule has 2 atom stereocenters. The standard InChI is InChI=1S/C14H19BrClNO/c15-12-4-6-13(7-5-12)18-9-8-17-14-3-1-2-11(14)10-16/h4-7,11,14,17H,1-3,8-10H2. The number of hydrogen-bond donors (Lipinski definition) is 1. The van der Waals surface area contributed by atoms with Crippen molar-refractivity contribution in [2.45, 2.75) is 25.3 Å². The minimum absolute atomic E-state index is 0.580. The highest BCUT2D eigenvalue weighted by atomic mass is 79.9. The van der Waals surface area contributed by atoms with Crippen LogP contribution in [0.4, 0.5) is 0 Å². The lowest BCUT2D eigenvalue weighted by Gasteiger charge is -2.18. The Morgan fingerprint density at radius 2 is 2.06 bits per heavy atom. The van der Waals surface area contributed by atoms with E-state index in [4.69, 9.17) is 16.3 Å². The lowest BCUT2D eigenvalue weighted by Crippen LogP contribution is -2.35. The van der Waals surface area contributed by atoms with E-state index in [1.165, 1.54) is 19.3 Å². The molecule has 0 saturated heterocycles. The van der Waals surface area contributed by atoms with Gasteiger partial charge in [-0.05, 0) is 43.0 Å². The van der Waals surface area contributed by atoms with Crippen LogP contribution in [0.3, 0.4) is 0 Å². The predicted molar refractivity (Wildman–Crippen MR) is 79.5 cm³/mol. The molecule has 2 unspecified atom stereocenters. The molecule has 0 aromatic heterocycles. The van der Waals surface area contributed by atoms with Gasteiger partial charge in [0, 0.05) is 22.9 Å². The molecular weight excluding hydrogens is 314 g/mol. The summed E-state index contributed by atoms with van der Waals surface area (Å²) in [6.07, 6.45) is 3.80. The van der Waals surface area contributed by atoms with Crippen molar-refractivity contribution in [3.8, 4) is 5.75 Å². The molecule has 0 bridgehead atoms. The summed E-state index contributed by atoms with van der Waals surface area (Å²) in [5, 5.41) is 3.55. The third-order valence-corrected chi connectivity index (χ3v) is 4.37. The molecule has 0 heterocycles. The van der Waals surface area contributed by atoms with Gasteiger partial charge >= 0.3 is 0 Å². The van der Waals surface area contributed by atoms with Gasteiger partial charge in [-0.2, -0.15) is 0 Å². The molecule has 1 N–H and O–H groups in total. The topological polar surface area (TPSA) is 21.3 Å². The average molecular weight is 333 g/mol. The summed E-state index contributed by atoms with van der Waals surface area (Å²) in [7, 11) is 0. The van der Waals surface area contributed by atoms with Crippen molar-refractivity contribution < 1.29 is 4.74 Å². The van der Waals surface area contributed by atoms with E-state index < -0.39 is 0 Å². The highest BCUT2D eigenvalue weighted by Crippen LogP contribution is 2.26. The van der Waals surface area contributed by atoms with Gasteiger partial charge in [0.25, 0.3) is 0 Å². The Hall–Kier alpha value is -0.250. The summed E-state index contributed by atoms with van der Waals surface area (Å²) in [5.74, 6) is 2.32. The summed E-state index contributed by atoms with van der Waals surface area (Å²) in [6.45, 7) is 1.58. The molecule has 1 fully saturated rings. The zero-order chi connectivity index (χ0) is 12.8. The number of hydrogen-bond acceptors (Lipinski definition) is 2. The van der Waals surface area contributed by atoms with Gasteiger partial charge in [-0.1, -0.05) is 22.4 Å². The Balaban J connectivity index is 1.65. The van der Waals surface area contributed by atoms with E-state index in [2.05, 4.69) is 21.2 Å². The van der Waals surface area contributed by atoms with E-state index in [9.17, 15) is 0 Å². The average Bonchev–Trinajstić information content (AvgIpc) is 2.84. The number of nitrogens with one attached hydrogen (secondary N) is 1. The first-order chi connectivity index (χ1) is 8.79. The zero-order valence-corrected chi connectivity index (χ0v) is 12.7. The fraction of sp³-hybridized carbons (Fsp3) is 0.571. The number of ether oxygens (including phenoxy) is 1. The van der Waals surface area contributed by atoms with E-state index in [1.54, 1.807) is 0 Å². The van der Waals surface area contributed by atoms with Crippen molar-refractivity contribution in [1.29, 1.82) is 0 Å². The summed E-state index contributed by atoms with van der Waals surface area (Å²) in [6, 6.07) is 8.51. The second-order valence-electron chi connectivity index (χ2n) is 4.71. The van der Waals surface area contributed by atoms with Crippen LogP contribution in [0.15, 0.2) is 28.7 Å². The first-order valence-electron chi connectivity index (χ1n) is 6.47. The molecular formula is C14H19BrClNO. The van der Waals surface area contributed by atoms with Crippen LogP contribution in [0.1, 0.15) is 19.3 Å². The maximum atomic E-state index is 5.95. The van der Waals surface area contributed by atoms with Crippen LogP contribution in [-0.4, -0.2) is 25.1 Å². The molecule has 1 saturated carbocycles. The van der Waals surface area contributed by atoms with E-state index in [0.29, 0.717) is 18.6 Å². The Morgan fingerprint density at radius 3 is 2.78 bits per heavy atom. The molecule has 2 nitrogen and oxygen atoms in total. The third kappa shape index (κ3) is 4.15. The normalized spacial score (nSPS) is 23.2. The summed E-state index contributed by atoms with van der Waals surface area (Å²) in [5.41, 5.74) is 0. The van der Waals surface area contributed by atoms with Crippen molar-refractivity contribution >= 4 is 27.5 Å². The molecule has 0 amide bonds. The molecule has 18 heavy (non-hydrogen) atoms. The van der Waals surface area contributed by atoms with Crippen molar-refractivity contribution in [1.82, 2.24) is 5.32 Å². The molecule has 0 radical (unpaired) electrons. The van der Waals surface area contributed by atoms with Gasteiger partial charge in [0.15, 0.2) is 0 Å². The van der Waals surface area contributed by atoms with Gasteiger partial charge in [-0.3, -0.25) is 0 Å². The predicted octanol–water partition coefficient (Wildman–Crippen LogP) is 3.83. The van der Waals surface area contributed by atoms with E-state index in [-0.39, 0.29) is 0 Å². The van der Waals surface area contributed by atoms with Gasteiger partial charge in [-0.25, -0.2) is 0 Å². The van der Waals surface area contributed by atoms with E-state index >= 15 is 0 Å². The molecule has 1 aromatic carbocycles. The lowest BCUT2D eigenvalue weighted by atomic mass is 10.1. The minimum Gasteiger partial charge on any atom is -0.492 e. The quantitative estimate of drug-likeness (QED) is 0.631. The van der Waals surface area contributed by atoms with Crippen LogP contribution in [-0.2, 0) is 0 Å². The van der Waals surface area contributed by atoms with Crippen LogP contribution >= 0.6 is 27.5 Å². The summed E-state index contributed by atoms with van der Waals surface area (Å²) in [4.78, 5) is 0. The highest BCUT2D eigenvalue weighted by Gasteiger charge is 2.25. The minimum atomic E-state index is 0.580. The van der Waals surface area contributed by atoms with Crippen LogP contribution in [0.25, 0.3) is 0 Å². The van der Waals surface area contributed by atoms with Gasteiger partial charge in [0.1, 0.15) is 12.4 Å². The number of halogens is 2. The number of rotatable bonds is 6. The summed E-state index contributed by atoms with van der Waals surface area (Å²) >= 11 is 9.36. The Morgan fingerprint density at radius 1 is 1.28 bits per heavy atom. The van der Waals surface area contributed by atoms with Gasteiger partial charge in [-0.15, -0.1) is 11.6 Å². The SMILES string of the molecule is ClCC1CCCC1NCCOc1ccc(Br)cc1. The Kier molecular flexibility index (Phi) is 5.80. The highest BCUT2D eigenvalue weighted by molar-refractivity contribution is 9.10. The molecule has 100 valence electrons. The number of alkyl halides is 1. The van der Waals surface area contributed by atoms with Crippen molar-refractivity contribution in [3.05, 3.63) is 28.7 Å². The monoisotopic (exact) mass is 331 g/mol. The largest absolute Gasteiger partial charge is 0.492 e.